The van der Waals surface area contributed by atoms with Crippen molar-refractivity contribution in [3.8, 4) is 0 Å². The van der Waals surface area contributed by atoms with Crippen LogP contribution in [0.5, 0.6) is 0 Å². The van der Waals surface area contributed by atoms with Gasteiger partial charge in [-0.25, -0.2) is 14.0 Å². The predicted molar refractivity (Wildman–Crippen MR) is 74.1 cm³/mol. The van der Waals surface area contributed by atoms with E-state index in [4.69, 9.17) is 5.11 Å². The third-order valence-corrected chi connectivity index (χ3v) is 2.84. The number of aromatic carboxylic acids is 1. The molecule has 0 bridgehead atoms. The number of carboxylic acid groups (broad SMARTS) is 1. The molecule has 2 aromatic rings. The Kier molecular flexibility index (Phi) is 3.88. The lowest BCUT2D eigenvalue weighted by Gasteiger charge is -2.10. The standard InChI is InChI=1S/C13H13FN4O3/c1-6-11(7(2)18-17-6)16-13(21)15-9-5-3-4-8(14)10(9)12(19)20/h3-5H,1-2H3,(H,17,18)(H,19,20)(H2,15,16,21). The first kappa shape index (κ1) is 14.5. The van der Waals surface area contributed by atoms with Crippen LogP contribution in [0.3, 0.4) is 0 Å². The van der Waals surface area contributed by atoms with E-state index in [1.165, 1.54) is 12.1 Å². The first-order valence-corrected chi connectivity index (χ1v) is 6.01. The maximum atomic E-state index is 13.5. The van der Waals surface area contributed by atoms with E-state index in [1.807, 2.05) is 0 Å². The number of aromatic amines is 1. The normalized spacial score (nSPS) is 10.2. The topological polar surface area (TPSA) is 107 Å². The van der Waals surface area contributed by atoms with Crippen LogP contribution in [0, 0.1) is 19.7 Å². The molecular formula is C13H13FN4O3. The average molecular weight is 292 g/mol. The summed E-state index contributed by atoms with van der Waals surface area (Å²) in [6.45, 7) is 3.42. The fourth-order valence-electron chi connectivity index (χ4n) is 1.85. The second-order valence-corrected chi connectivity index (χ2v) is 4.36. The van der Waals surface area contributed by atoms with Crippen molar-refractivity contribution in [3.05, 3.63) is 41.0 Å². The minimum Gasteiger partial charge on any atom is -0.478 e. The molecule has 21 heavy (non-hydrogen) atoms. The fourth-order valence-corrected chi connectivity index (χ4v) is 1.85. The number of carbonyl (C=O) groups excluding carboxylic acids is 1. The number of nitrogens with zero attached hydrogens (tertiary/aromatic N) is 1. The van der Waals surface area contributed by atoms with Crippen LogP contribution in [0.2, 0.25) is 0 Å². The summed E-state index contributed by atoms with van der Waals surface area (Å²) in [5.74, 6) is -2.38. The zero-order chi connectivity index (χ0) is 15.6. The molecule has 1 heterocycles. The molecule has 7 nitrogen and oxygen atoms in total. The molecule has 0 aliphatic heterocycles. The Balaban J connectivity index is 2.21. The van der Waals surface area contributed by atoms with Crippen LogP contribution >= 0.6 is 0 Å². The van der Waals surface area contributed by atoms with Gasteiger partial charge in [-0.15, -0.1) is 0 Å². The number of amides is 2. The average Bonchev–Trinajstić information content (AvgIpc) is 2.70. The highest BCUT2D eigenvalue weighted by molar-refractivity contribution is 6.05. The van der Waals surface area contributed by atoms with Crippen molar-refractivity contribution in [2.45, 2.75) is 13.8 Å². The summed E-state index contributed by atoms with van der Waals surface area (Å²) in [4.78, 5) is 22.9. The molecule has 0 unspecified atom stereocenters. The quantitative estimate of drug-likeness (QED) is 0.697. The summed E-state index contributed by atoms with van der Waals surface area (Å²) in [6.07, 6.45) is 0. The molecule has 0 saturated heterocycles. The number of anilines is 2. The van der Waals surface area contributed by atoms with Crippen molar-refractivity contribution < 1.29 is 19.1 Å². The van der Waals surface area contributed by atoms with Crippen LogP contribution in [0.1, 0.15) is 21.7 Å². The number of halogens is 1. The Labute approximate surface area is 119 Å². The zero-order valence-corrected chi connectivity index (χ0v) is 11.3. The van der Waals surface area contributed by atoms with Gasteiger partial charge in [-0.1, -0.05) is 6.07 Å². The number of hydrogen-bond acceptors (Lipinski definition) is 3. The van der Waals surface area contributed by atoms with E-state index < -0.39 is 23.4 Å². The summed E-state index contributed by atoms with van der Waals surface area (Å²) >= 11 is 0. The molecule has 0 fully saturated rings. The molecule has 2 rings (SSSR count). The van der Waals surface area contributed by atoms with Gasteiger partial charge >= 0.3 is 12.0 Å². The van der Waals surface area contributed by atoms with Crippen LogP contribution < -0.4 is 10.6 Å². The lowest BCUT2D eigenvalue weighted by Crippen LogP contribution is -2.22. The Morgan fingerprint density at radius 2 is 2.00 bits per heavy atom. The van der Waals surface area contributed by atoms with E-state index in [-0.39, 0.29) is 5.69 Å². The van der Waals surface area contributed by atoms with Crippen LogP contribution in [0.4, 0.5) is 20.6 Å². The Bertz CT molecular complexity index is 692. The number of H-pyrrole nitrogens is 1. The van der Waals surface area contributed by atoms with E-state index in [0.717, 1.165) is 6.07 Å². The lowest BCUT2D eigenvalue weighted by atomic mass is 10.1. The van der Waals surface area contributed by atoms with Gasteiger partial charge in [-0.3, -0.25) is 5.10 Å². The van der Waals surface area contributed by atoms with Crippen LogP contribution in [-0.2, 0) is 0 Å². The van der Waals surface area contributed by atoms with Crippen molar-refractivity contribution in [2.75, 3.05) is 10.6 Å². The summed E-state index contributed by atoms with van der Waals surface area (Å²) in [6, 6.07) is 2.94. The number of benzene rings is 1. The second-order valence-electron chi connectivity index (χ2n) is 4.36. The van der Waals surface area contributed by atoms with Gasteiger partial charge in [0.15, 0.2) is 0 Å². The third-order valence-electron chi connectivity index (χ3n) is 2.84. The molecule has 1 aromatic heterocycles. The predicted octanol–water partition coefficient (Wildman–Crippen LogP) is 2.51. The van der Waals surface area contributed by atoms with E-state index >= 15 is 0 Å². The number of carbonyl (C=O) groups is 2. The molecule has 4 N–H and O–H groups in total. The van der Waals surface area contributed by atoms with Crippen molar-refractivity contribution in [3.63, 3.8) is 0 Å². The monoisotopic (exact) mass is 292 g/mol. The van der Waals surface area contributed by atoms with Crippen LogP contribution in [-0.4, -0.2) is 27.3 Å². The number of hydrogen-bond donors (Lipinski definition) is 4. The summed E-state index contributed by atoms with van der Waals surface area (Å²) in [5.41, 5.74) is 1.01. The maximum absolute atomic E-state index is 13.5. The molecule has 0 saturated carbocycles. The number of rotatable bonds is 3. The fraction of sp³-hybridized carbons (Fsp3) is 0.154. The van der Waals surface area contributed by atoms with E-state index in [0.29, 0.717) is 17.1 Å². The number of aromatic nitrogens is 2. The van der Waals surface area contributed by atoms with Gasteiger partial charge in [0.1, 0.15) is 11.4 Å². The van der Waals surface area contributed by atoms with Crippen molar-refractivity contribution in [2.24, 2.45) is 0 Å². The van der Waals surface area contributed by atoms with Crippen molar-refractivity contribution in [1.29, 1.82) is 0 Å². The summed E-state index contributed by atoms with van der Waals surface area (Å²) in [7, 11) is 0. The molecule has 0 spiro atoms. The van der Waals surface area contributed by atoms with Gasteiger partial charge in [0, 0.05) is 0 Å². The summed E-state index contributed by atoms with van der Waals surface area (Å²) < 4.78 is 13.5. The second kappa shape index (κ2) is 5.61. The minimum absolute atomic E-state index is 0.126. The number of nitrogens with one attached hydrogen (secondary N) is 3. The Hall–Kier alpha value is -2.90. The van der Waals surface area contributed by atoms with Crippen LogP contribution in [0.15, 0.2) is 18.2 Å². The Morgan fingerprint density at radius 3 is 2.57 bits per heavy atom. The van der Waals surface area contributed by atoms with E-state index in [9.17, 15) is 14.0 Å². The summed E-state index contributed by atoms with van der Waals surface area (Å²) in [5, 5.41) is 20.4. The van der Waals surface area contributed by atoms with Gasteiger partial charge in [-0.05, 0) is 26.0 Å². The largest absolute Gasteiger partial charge is 0.478 e. The van der Waals surface area contributed by atoms with Gasteiger partial charge in [0.05, 0.1) is 22.8 Å². The molecule has 0 aliphatic rings. The SMILES string of the molecule is Cc1n[nH]c(C)c1NC(=O)Nc1cccc(F)c1C(=O)O. The molecule has 8 heteroatoms. The highest BCUT2D eigenvalue weighted by Gasteiger charge is 2.18. The minimum atomic E-state index is -1.46. The molecular weight excluding hydrogens is 279 g/mol. The van der Waals surface area contributed by atoms with E-state index in [2.05, 4.69) is 20.8 Å². The number of urea groups is 1. The number of aryl methyl sites for hydroxylation is 2. The molecule has 0 radical (unpaired) electrons. The Morgan fingerprint density at radius 1 is 1.29 bits per heavy atom. The van der Waals surface area contributed by atoms with Crippen molar-refractivity contribution in [1.82, 2.24) is 10.2 Å². The van der Waals surface area contributed by atoms with Gasteiger partial charge in [-0.2, -0.15) is 5.10 Å². The van der Waals surface area contributed by atoms with Gasteiger partial charge in [0.2, 0.25) is 0 Å². The van der Waals surface area contributed by atoms with E-state index in [1.54, 1.807) is 13.8 Å². The molecule has 0 aliphatic carbocycles. The smallest absolute Gasteiger partial charge is 0.340 e. The first-order chi connectivity index (χ1) is 9.90. The molecule has 2 amide bonds. The molecule has 0 atom stereocenters. The maximum Gasteiger partial charge on any atom is 0.340 e. The zero-order valence-electron chi connectivity index (χ0n) is 11.3. The first-order valence-electron chi connectivity index (χ1n) is 6.01. The third kappa shape index (κ3) is 2.99. The number of carboxylic acids is 1. The molecule has 110 valence electrons. The highest BCUT2D eigenvalue weighted by Crippen LogP contribution is 2.20. The van der Waals surface area contributed by atoms with Crippen LogP contribution in [0.25, 0.3) is 0 Å². The van der Waals surface area contributed by atoms with Crippen molar-refractivity contribution >= 4 is 23.4 Å². The van der Waals surface area contributed by atoms with Gasteiger partial charge in [0.25, 0.3) is 0 Å². The lowest BCUT2D eigenvalue weighted by molar-refractivity contribution is 0.0693. The molecule has 1 aromatic carbocycles. The van der Waals surface area contributed by atoms with Gasteiger partial charge < -0.3 is 15.7 Å². The highest BCUT2D eigenvalue weighted by atomic mass is 19.1.